The van der Waals surface area contributed by atoms with Crippen LogP contribution in [0.5, 0.6) is 5.75 Å². The van der Waals surface area contributed by atoms with Crippen LogP contribution in [0.25, 0.3) is 5.57 Å². The molecule has 0 aliphatic carbocycles. The van der Waals surface area contributed by atoms with Gasteiger partial charge in [0.15, 0.2) is 0 Å². The van der Waals surface area contributed by atoms with Crippen LogP contribution in [0.1, 0.15) is 21.1 Å². The number of methoxy groups -OCH3 is 1. The summed E-state index contributed by atoms with van der Waals surface area (Å²) in [4.78, 5) is 7.49. The first-order chi connectivity index (χ1) is 11.5. The van der Waals surface area contributed by atoms with Crippen LogP contribution in [0.3, 0.4) is 0 Å². The fourth-order valence-corrected chi connectivity index (χ4v) is 3.67. The van der Waals surface area contributed by atoms with E-state index in [-0.39, 0.29) is 5.76 Å². The first kappa shape index (κ1) is 16.5. The summed E-state index contributed by atoms with van der Waals surface area (Å²) >= 11 is 1.53. The van der Waals surface area contributed by atoms with Gasteiger partial charge in [0, 0.05) is 11.4 Å². The summed E-state index contributed by atoms with van der Waals surface area (Å²) < 4.78 is 5.16. The van der Waals surface area contributed by atoms with Gasteiger partial charge in [0.2, 0.25) is 0 Å². The summed E-state index contributed by atoms with van der Waals surface area (Å²) in [6.07, 6.45) is 0.808. The van der Waals surface area contributed by atoms with Gasteiger partial charge >= 0.3 is 0 Å². The number of thiazole rings is 1. The summed E-state index contributed by atoms with van der Waals surface area (Å²) in [6, 6.07) is 7.93. The zero-order valence-corrected chi connectivity index (χ0v) is 14.9. The molecule has 3 rings (SSSR count). The summed E-state index contributed by atoms with van der Waals surface area (Å²) in [7, 11) is 1.65. The molecule has 0 amide bonds. The van der Waals surface area contributed by atoms with Crippen molar-refractivity contribution in [3.05, 3.63) is 51.2 Å². The van der Waals surface area contributed by atoms with Crippen LogP contribution in [0.2, 0.25) is 0 Å². The number of hydrogen-bond acceptors (Lipinski definition) is 5. The highest BCUT2D eigenvalue weighted by molar-refractivity contribution is 7.13. The van der Waals surface area contributed by atoms with Crippen molar-refractivity contribution < 1.29 is 9.84 Å². The summed E-state index contributed by atoms with van der Waals surface area (Å²) in [5.41, 5.74) is 2.71. The minimum absolute atomic E-state index is 0.239. The van der Waals surface area contributed by atoms with Crippen molar-refractivity contribution in [1.29, 1.82) is 5.41 Å². The van der Waals surface area contributed by atoms with Crippen molar-refractivity contribution in [1.82, 2.24) is 9.88 Å². The number of benzene rings is 1. The molecule has 1 aromatic carbocycles. The molecule has 6 heteroatoms. The number of aryl methyl sites for hydroxylation is 2. The van der Waals surface area contributed by atoms with Gasteiger partial charge in [-0.2, -0.15) is 0 Å². The van der Waals surface area contributed by atoms with E-state index in [1.807, 2.05) is 43.0 Å². The Kier molecular flexibility index (Phi) is 4.57. The Morgan fingerprint density at radius 1 is 1.29 bits per heavy atom. The molecule has 0 saturated heterocycles. The number of nitrogens with zero attached hydrogens (tertiary/aromatic N) is 2. The first-order valence-corrected chi connectivity index (χ1v) is 8.64. The van der Waals surface area contributed by atoms with Crippen molar-refractivity contribution in [2.45, 2.75) is 20.3 Å². The van der Waals surface area contributed by atoms with E-state index in [0.29, 0.717) is 24.5 Å². The predicted octanol–water partition coefficient (Wildman–Crippen LogP) is 3.57. The smallest absolute Gasteiger partial charge is 0.135 e. The lowest BCUT2D eigenvalue weighted by Gasteiger charge is -2.18. The van der Waals surface area contributed by atoms with E-state index in [1.165, 1.54) is 16.9 Å². The standard InChI is InChI=1S/C18H21N3O2S/c1-11-12(2)24-18(20-11)16-15(22)10-21(17(16)19)9-8-13-4-6-14(23-3)7-5-13/h4-7,19,22H,8-10H2,1-3H3. The zero-order chi connectivity index (χ0) is 17.3. The van der Waals surface area contributed by atoms with Crippen molar-refractivity contribution in [3.63, 3.8) is 0 Å². The molecule has 0 spiro atoms. The van der Waals surface area contributed by atoms with Gasteiger partial charge in [-0.25, -0.2) is 4.98 Å². The van der Waals surface area contributed by atoms with Gasteiger partial charge in [-0.1, -0.05) is 12.1 Å². The van der Waals surface area contributed by atoms with E-state index < -0.39 is 0 Å². The molecule has 5 nitrogen and oxygen atoms in total. The highest BCUT2D eigenvalue weighted by Crippen LogP contribution is 2.31. The van der Waals surface area contributed by atoms with Crippen LogP contribution in [0, 0.1) is 19.3 Å². The normalized spacial score (nSPS) is 14.6. The average molecular weight is 343 g/mol. The fraction of sp³-hybridized carbons (Fsp3) is 0.333. The Morgan fingerprint density at radius 2 is 2.00 bits per heavy atom. The second kappa shape index (κ2) is 6.65. The number of ether oxygens (including phenoxy) is 1. The van der Waals surface area contributed by atoms with E-state index in [0.717, 1.165) is 27.7 Å². The SMILES string of the molecule is COc1ccc(CCN2CC(O)=C(c3nc(C)c(C)s3)C2=N)cc1. The second-order valence-electron chi connectivity index (χ2n) is 5.85. The van der Waals surface area contributed by atoms with E-state index in [9.17, 15) is 5.11 Å². The molecule has 0 fully saturated rings. The number of aliphatic hydroxyl groups excluding tert-OH is 1. The van der Waals surface area contributed by atoms with Gasteiger partial charge < -0.3 is 14.7 Å². The highest BCUT2D eigenvalue weighted by atomic mass is 32.1. The van der Waals surface area contributed by atoms with Gasteiger partial charge in [0.05, 0.1) is 24.9 Å². The monoisotopic (exact) mass is 343 g/mol. The molecule has 1 aliphatic heterocycles. The molecule has 2 heterocycles. The molecule has 0 saturated carbocycles. The number of nitrogens with one attached hydrogen (secondary N) is 1. The lowest BCUT2D eigenvalue weighted by Crippen LogP contribution is -2.28. The van der Waals surface area contributed by atoms with Gasteiger partial charge in [-0.05, 0) is 38.0 Å². The maximum absolute atomic E-state index is 10.3. The Labute approximate surface area is 145 Å². The maximum Gasteiger partial charge on any atom is 0.135 e. The van der Waals surface area contributed by atoms with E-state index in [4.69, 9.17) is 10.1 Å². The summed E-state index contributed by atoms with van der Waals surface area (Å²) in [5, 5.41) is 19.4. The van der Waals surface area contributed by atoms with Crippen molar-refractivity contribution in [2.24, 2.45) is 0 Å². The molecule has 0 bridgehead atoms. The Hall–Kier alpha value is -2.34. The molecule has 24 heavy (non-hydrogen) atoms. The van der Waals surface area contributed by atoms with Crippen LogP contribution in [0.4, 0.5) is 0 Å². The topological polar surface area (TPSA) is 69.4 Å². The third kappa shape index (κ3) is 3.14. The number of aliphatic hydroxyl groups is 1. The van der Waals surface area contributed by atoms with E-state index >= 15 is 0 Å². The van der Waals surface area contributed by atoms with Crippen molar-refractivity contribution >= 4 is 22.7 Å². The highest BCUT2D eigenvalue weighted by Gasteiger charge is 2.30. The summed E-state index contributed by atoms with van der Waals surface area (Å²) in [6.45, 7) is 5.02. The number of amidine groups is 1. The molecule has 126 valence electrons. The quantitative estimate of drug-likeness (QED) is 0.871. The minimum Gasteiger partial charge on any atom is -0.510 e. The lowest BCUT2D eigenvalue weighted by molar-refractivity contribution is 0.351. The molecule has 2 aromatic rings. The zero-order valence-electron chi connectivity index (χ0n) is 14.1. The fourth-order valence-electron chi connectivity index (χ4n) is 2.69. The third-order valence-electron chi connectivity index (χ3n) is 4.25. The molecule has 1 aliphatic rings. The molecular formula is C18H21N3O2S. The number of aromatic nitrogens is 1. The van der Waals surface area contributed by atoms with Gasteiger partial charge in [-0.15, -0.1) is 11.3 Å². The lowest BCUT2D eigenvalue weighted by atomic mass is 10.1. The largest absolute Gasteiger partial charge is 0.510 e. The van der Waals surface area contributed by atoms with Gasteiger partial charge in [-0.3, -0.25) is 5.41 Å². The van der Waals surface area contributed by atoms with E-state index in [1.54, 1.807) is 7.11 Å². The van der Waals surface area contributed by atoms with E-state index in [2.05, 4.69) is 4.98 Å². The van der Waals surface area contributed by atoms with Crippen LogP contribution in [-0.4, -0.2) is 41.0 Å². The van der Waals surface area contributed by atoms with Crippen LogP contribution >= 0.6 is 11.3 Å². The van der Waals surface area contributed by atoms with Crippen LogP contribution in [0.15, 0.2) is 30.0 Å². The number of rotatable bonds is 5. The second-order valence-corrected chi connectivity index (χ2v) is 7.05. The summed E-state index contributed by atoms with van der Waals surface area (Å²) in [5.74, 6) is 1.43. The Bertz CT molecular complexity index is 774. The number of hydrogen-bond donors (Lipinski definition) is 2. The molecule has 1 aromatic heterocycles. The third-order valence-corrected chi connectivity index (χ3v) is 5.34. The maximum atomic E-state index is 10.3. The molecule has 2 N–H and O–H groups in total. The molecular weight excluding hydrogens is 322 g/mol. The predicted molar refractivity (Wildman–Crippen MR) is 97.1 cm³/mol. The van der Waals surface area contributed by atoms with Crippen LogP contribution in [-0.2, 0) is 6.42 Å². The Balaban J connectivity index is 1.68. The first-order valence-electron chi connectivity index (χ1n) is 7.83. The van der Waals surface area contributed by atoms with Gasteiger partial charge in [0.1, 0.15) is 22.4 Å². The Morgan fingerprint density at radius 3 is 2.58 bits per heavy atom. The van der Waals surface area contributed by atoms with Crippen molar-refractivity contribution in [2.75, 3.05) is 20.2 Å². The van der Waals surface area contributed by atoms with Gasteiger partial charge in [0.25, 0.3) is 0 Å². The minimum atomic E-state index is 0.239. The molecule has 0 atom stereocenters. The molecule has 0 radical (unpaired) electrons. The molecule has 0 unspecified atom stereocenters. The van der Waals surface area contributed by atoms with Crippen molar-refractivity contribution in [3.8, 4) is 5.75 Å². The average Bonchev–Trinajstić information content (AvgIpc) is 3.04. The van der Waals surface area contributed by atoms with Crippen LogP contribution < -0.4 is 4.74 Å².